The Morgan fingerprint density at radius 2 is 1.94 bits per heavy atom. The first-order chi connectivity index (χ1) is 8.81. The summed E-state index contributed by atoms with van der Waals surface area (Å²) in [4.78, 5) is 2.44. The third-order valence-corrected chi connectivity index (χ3v) is 3.43. The molecule has 2 N–H and O–H groups in total. The highest BCUT2D eigenvalue weighted by molar-refractivity contribution is 7.80. The number of hydrogen-bond acceptors (Lipinski definition) is 2. The van der Waals surface area contributed by atoms with Gasteiger partial charge in [-0.25, -0.2) is 0 Å². The van der Waals surface area contributed by atoms with Crippen LogP contribution in [0.1, 0.15) is 26.2 Å². The van der Waals surface area contributed by atoms with Crippen LogP contribution in [0.3, 0.4) is 0 Å². The van der Waals surface area contributed by atoms with E-state index in [1.807, 2.05) is 13.0 Å². The maximum Gasteiger partial charge on any atom is 0.170 e. The predicted molar refractivity (Wildman–Crippen MR) is 82.4 cm³/mol. The van der Waals surface area contributed by atoms with Crippen molar-refractivity contribution in [3.63, 3.8) is 0 Å². The highest BCUT2D eigenvalue weighted by atomic mass is 32.1. The molecule has 0 spiro atoms. The molecule has 3 nitrogen and oxygen atoms in total. The van der Waals surface area contributed by atoms with E-state index in [1.165, 1.54) is 24.9 Å². The van der Waals surface area contributed by atoms with Crippen LogP contribution in [-0.4, -0.2) is 24.7 Å². The fourth-order valence-corrected chi connectivity index (χ4v) is 2.57. The summed E-state index contributed by atoms with van der Waals surface area (Å²) in [5.74, 6) is 0. The summed E-state index contributed by atoms with van der Waals surface area (Å²) in [5, 5.41) is 7.11. The molecule has 0 saturated carbocycles. The van der Waals surface area contributed by atoms with Crippen molar-refractivity contribution in [2.75, 3.05) is 29.9 Å². The van der Waals surface area contributed by atoms with Gasteiger partial charge in [0.1, 0.15) is 0 Å². The Kier molecular flexibility index (Phi) is 4.81. The third-order valence-electron chi connectivity index (χ3n) is 3.19. The van der Waals surface area contributed by atoms with Gasteiger partial charge in [-0.15, -0.1) is 0 Å². The van der Waals surface area contributed by atoms with Crippen molar-refractivity contribution in [2.24, 2.45) is 0 Å². The second-order valence-corrected chi connectivity index (χ2v) is 4.96. The van der Waals surface area contributed by atoms with E-state index in [0.29, 0.717) is 5.11 Å². The van der Waals surface area contributed by atoms with Crippen LogP contribution in [0.4, 0.5) is 11.4 Å². The van der Waals surface area contributed by atoms with Crippen molar-refractivity contribution in [2.45, 2.75) is 26.2 Å². The second kappa shape index (κ2) is 6.59. The standard InChI is InChI=1S/C14H21N3S/c1-2-15-14(18)16-12-8-4-5-9-13(12)17-10-6-3-7-11-17/h4-5,8-9H,2-3,6-7,10-11H2,1H3,(H2,15,16,18). The molecule has 0 aliphatic carbocycles. The quantitative estimate of drug-likeness (QED) is 0.820. The molecule has 0 unspecified atom stereocenters. The molecule has 98 valence electrons. The highest BCUT2D eigenvalue weighted by Gasteiger charge is 2.14. The highest BCUT2D eigenvalue weighted by Crippen LogP contribution is 2.28. The van der Waals surface area contributed by atoms with Crippen LogP contribution in [0.5, 0.6) is 0 Å². The van der Waals surface area contributed by atoms with Crippen molar-refractivity contribution in [3.8, 4) is 0 Å². The number of rotatable bonds is 3. The number of piperidine rings is 1. The molecule has 18 heavy (non-hydrogen) atoms. The molecule has 0 radical (unpaired) electrons. The lowest BCUT2D eigenvalue weighted by Gasteiger charge is -2.30. The molecule has 1 aliphatic heterocycles. The molecule has 2 rings (SSSR count). The fourth-order valence-electron chi connectivity index (χ4n) is 2.32. The first-order valence-electron chi connectivity index (χ1n) is 6.70. The van der Waals surface area contributed by atoms with E-state index >= 15 is 0 Å². The molecule has 0 bridgehead atoms. The van der Waals surface area contributed by atoms with E-state index in [0.717, 1.165) is 25.3 Å². The number of nitrogens with one attached hydrogen (secondary N) is 2. The average molecular weight is 263 g/mol. The Balaban J connectivity index is 2.11. The van der Waals surface area contributed by atoms with E-state index in [9.17, 15) is 0 Å². The van der Waals surface area contributed by atoms with Gasteiger partial charge in [0, 0.05) is 19.6 Å². The third kappa shape index (κ3) is 3.35. The largest absolute Gasteiger partial charge is 0.370 e. The molecule has 1 aliphatic rings. The van der Waals surface area contributed by atoms with Gasteiger partial charge in [0.2, 0.25) is 0 Å². The van der Waals surface area contributed by atoms with E-state index in [-0.39, 0.29) is 0 Å². The lowest BCUT2D eigenvalue weighted by molar-refractivity contribution is 0.578. The van der Waals surface area contributed by atoms with E-state index in [4.69, 9.17) is 12.2 Å². The number of para-hydroxylation sites is 2. The Bertz CT molecular complexity index is 400. The number of hydrogen-bond donors (Lipinski definition) is 2. The maximum absolute atomic E-state index is 5.26. The molecular formula is C14H21N3S. The van der Waals surface area contributed by atoms with Gasteiger partial charge in [-0.05, 0) is 50.5 Å². The summed E-state index contributed by atoms with van der Waals surface area (Å²) < 4.78 is 0. The van der Waals surface area contributed by atoms with Crippen molar-refractivity contribution in [3.05, 3.63) is 24.3 Å². The SMILES string of the molecule is CCNC(=S)Nc1ccccc1N1CCCCC1. The molecule has 1 aromatic carbocycles. The zero-order chi connectivity index (χ0) is 12.8. The second-order valence-electron chi connectivity index (χ2n) is 4.55. The normalized spacial score (nSPS) is 15.3. The fraction of sp³-hybridized carbons (Fsp3) is 0.500. The van der Waals surface area contributed by atoms with Crippen molar-refractivity contribution < 1.29 is 0 Å². The summed E-state index contributed by atoms with van der Waals surface area (Å²) in [6.45, 7) is 5.18. The van der Waals surface area contributed by atoms with Crippen LogP contribution in [0.25, 0.3) is 0 Å². The molecule has 1 saturated heterocycles. The van der Waals surface area contributed by atoms with Crippen LogP contribution >= 0.6 is 12.2 Å². The Labute approximate surface area is 115 Å². The van der Waals surface area contributed by atoms with Crippen LogP contribution in [0, 0.1) is 0 Å². The average Bonchev–Trinajstić information content (AvgIpc) is 2.40. The molecular weight excluding hydrogens is 242 g/mol. The first-order valence-corrected chi connectivity index (χ1v) is 7.11. The molecule has 0 aromatic heterocycles. The van der Waals surface area contributed by atoms with Gasteiger partial charge in [-0.3, -0.25) is 0 Å². The lowest BCUT2D eigenvalue weighted by Crippen LogP contribution is -2.32. The number of anilines is 2. The van der Waals surface area contributed by atoms with E-state index in [2.05, 4.69) is 33.7 Å². The minimum absolute atomic E-state index is 0.696. The Morgan fingerprint density at radius 1 is 1.22 bits per heavy atom. The van der Waals surface area contributed by atoms with Gasteiger partial charge in [-0.1, -0.05) is 12.1 Å². The summed E-state index contributed by atoms with van der Waals surface area (Å²) in [7, 11) is 0. The van der Waals surface area contributed by atoms with Gasteiger partial charge in [0.15, 0.2) is 5.11 Å². The molecule has 0 amide bonds. The molecule has 4 heteroatoms. The lowest BCUT2D eigenvalue weighted by atomic mass is 10.1. The first kappa shape index (κ1) is 13.1. The molecule has 0 atom stereocenters. The van der Waals surface area contributed by atoms with Gasteiger partial charge in [-0.2, -0.15) is 0 Å². The maximum atomic E-state index is 5.26. The number of thiocarbonyl (C=S) groups is 1. The summed E-state index contributed by atoms with van der Waals surface area (Å²) in [6, 6.07) is 8.39. The van der Waals surface area contributed by atoms with Crippen LogP contribution < -0.4 is 15.5 Å². The van der Waals surface area contributed by atoms with E-state index < -0.39 is 0 Å². The van der Waals surface area contributed by atoms with Gasteiger partial charge in [0.05, 0.1) is 11.4 Å². The van der Waals surface area contributed by atoms with E-state index in [1.54, 1.807) is 0 Å². The van der Waals surface area contributed by atoms with Gasteiger partial charge >= 0.3 is 0 Å². The van der Waals surface area contributed by atoms with Gasteiger partial charge in [0.25, 0.3) is 0 Å². The smallest absolute Gasteiger partial charge is 0.170 e. The Morgan fingerprint density at radius 3 is 2.67 bits per heavy atom. The minimum atomic E-state index is 0.696. The Hall–Kier alpha value is -1.29. The van der Waals surface area contributed by atoms with Crippen molar-refractivity contribution in [1.82, 2.24) is 5.32 Å². The number of nitrogens with zero attached hydrogens (tertiary/aromatic N) is 1. The van der Waals surface area contributed by atoms with Crippen LogP contribution in [0.15, 0.2) is 24.3 Å². The molecule has 1 fully saturated rings. The van der Waals surface area contributed by atoms with Crippen molar-refractivity contribution in [1.29, 1.82) is 0 Å². The van der Waals surface area contributed by atoms with Crippen molar-refractivity contribution >= 4 is 28.7 Å². The molecule has 1 heterocycles. The molecule has 1 aromatic rings. The summed E-state index contributed by atoms with van der Waals surface area (Å²) in [5.41, 5.74) is 2.36. The zero-order valence-corrected chi connectivity index (χ0v) is 11.7. The summed E-state index contributed by atoms with van der Waals surface area (Å²) >= 11 is 5.26. The van der Waals surface area contributed by atoms with Gasteiger partial charge < -0.3 is 15.5 Å². The zero-order valence-electron chi connectivity index (χ0n) is 10.9. The monoisotopic (exact) mass is 263 g/mol. The number of benzene rings is 1. The van der Waals surface area contributed by atoms with Crippen LogP contribution in [-0.2, 0) is 0 Å². The topological polar surface area (TPSA) is 27.3 Å². The predicted octanol–water partition coefficient (Wildman–Crippen LogP) is 2.98. The summed E-state index contributed by atoms with van der Waals surface area (Å²) in [6.07, 6.45) is 3.92. The van der Waals surface area contributed by atoms with Crippen LogP contribution in [0.2, 0.25) is 0 Å². The minimum Gasteiger partial charge on any atom is -0.370 e.